The molecule has 25 heavy (non-hydrogen) atoms. The average molecular weight is 359 g/mol. The molecule has 0 aromatic heterocycles. The third-order valence-corrected chi connectivity index (χ3v) is 5.27. The van der Waals surface area contributed by atoms with Crippen LogP contribution in [0.25, 0.3) is 0 Å². The summed E-state index contributed by atoms with van der Waals surface area (Å²) in [6.07, 6.45) is -0.628. The number of carbonyl (C=O) groups excluding carboxylic acids is 2. The lowest BCUT2D eigenvalue weighted by atomic mass is 9.70. The first-order valence-corrected chi connectivity index (χ1v) is 9.53. The van der Waals surface area contributed by atoms with Crippen LogP contribution in [0, 0.1) is 17.3 Å². The molecule has 0 atom stereocenters. The molecule has 0 aromatic rings. The molecular formula is C19H38N2O4. The summed E-state index contributed by atoms with van der Waals surface area (Å²) in [5.74, 6) is 0.392. The van der Waals surface area contributed by atoms with Crippen LogP contribution in [0.5, 0.6) is 0 Å². The van der Waals surface area contributed by atoms with Crippen molar-refractivity contribution in [3.63, 3.8) is 0 Å². The Kier molecular flexibility index (Phi) is 10.6. The van der Waals surface area contributed by atoms with E-state index < -0.39 is 5.41 Å². The van der Waals surface area contributed by atoms with Crippen molar-refractivity contribution in [1.82, 2.24) is 9.80 Å². The molecule has 0 aliphatic carbocycles. The zero-order valence-electron chi connectivity index (χ0n) is 17.4. The molecule has 0 aliphatic rings. The lowest BCUT2D eigenvalue weighted by molar-refractivity contribution is -0.0448. The molecule has 0 spiro atoms. The summed E-state index contributed by atoms with van der Waals surface area (Å²) in [5.41, 5.74) is -0.411. The van der Waals surface area contributed by atoms with Crippen LogP contribution in [-0.4, -0.2) is 61.4 Å². The molecule has 0 fully saturated rings. The van der Waals surface area contributed by atoms with Gasteiger partial charge in [0, 0.05) is 31.6 Å². The van der Waals surface area contributed by atoms with Gasteiger partial charge >= 0.3 is 12.2 Å². The topological polar surface area (TPSA) is 59.1 Å². The highest BCUT2D eigenvalue weighted by Gasteiger charge is 2.40. The monoisotopic (exact) mass is 358 g/mol. The van der Waals surface area contributed by atoms with Crippen molar-refractivity contribution in [1.29, 1.82) is 0 Å². The maximum Gasteiger partial charge on any atom is 0.409 e. The van der Waals surface area contributed by atoms with Crippen LogP contribution >= 0.6 is 0 Å². The fraction of sp³-hybridized carbons (Fsp3) is 0.895. The summed E-state index contributed by atoms with van der Waals surface area (Å²) >= 11 is 0. The maximum atomic E-state index is 12.2. The lowest BCUT2D eigenvalue weighted by Crippen LogP contribution is -2.46. The van der Waals surface area contributed by atoms with Crippen LogP contribution in [0.4, 0.5) is 9.59 Å². The van der Waals surface area contributed by atoms with Gasteiger partial charge in [-0.3, -0.25) is 0 Å². The minimum absolute atomic E-state index is 0.196. The average Bonchev–Trinajstić information content (AvgIpc) is 2.56. The first-order chi connectivity index (χ1) is 11.7. The van der Waals surface area contributed by atoms with Crippen molar-refractivity contribution in [2.75, 3.05) is 39.4 Å². The zero-order chi connectivity index (χ0) is 19.6. The van der Waals surface area contributed by atoms with Gasteiger partial charge in [-0.25, -0.2) is 9.59 Å². The smallest absolute Gasteiger partial charge is 0.409 e. The Balaban J connectivity index is 5.14. The summed E-state index contributed by atoms with van der Waals surface area (Å²) < 4.78 is 11.2. The molecule has 0 bridgehead atoms. The first kappa shape index (κ1) is 23.5. The number of nitrogens with zero attached hydrogens (tertiary/aromatic N) is 2. The van der Waals surface area contributed by atoms with Gasteiger partial charge in [0.1, 0.15) is 13.2 Å². The van der Waals surface area contributed by atoms with E-state index in [-0.39, 0.29) is 37.2 Å². The normalized spacial score (nSPS) is 11.6. The standard InChI is InChI=1S/C19H38N2O4/c1-9-20(10-2)17(22)24-13-19(15(5)6,16(7)8)14-25-18(23)21(11-3)12-4/h15-16H,9-14H2,1-8H3. The highest BCUT2D eigenvalue weighted by molar-refractivity contribution is 5.68. The molecule has 0 saturated carbocycles. The largest absolute Gasteiger partial charge is 0.449 e. The van der Waals surface area contributed by atoms with Gasteiger partial charge in [-0.1, -0.05) is 27.7 Å². The minimum Gasteiger partial charge on any atom is -0.449 e. The van der Waals surface area contributed by atoms with E-state index in [9.17, 15) is 9.59 Å². The van der Waals surface area contributed by atoms with E-state index in [0.29, 0.717) is 26.2 Å². The third-order valence-electron chi connectivity index (χ3n) is 5.27. The van der Waals surface area contributed by atoms with Gasteiger partial charge in [0.15, 0.2) is 0 Å². The van der Waals surface area contributed by atoms with E-state index in [0.717, 1.165) is 0 Å². The van der Waals surface area contributed by atoms with Crippen LogP contribution in [0.1, 0.15) is 55.4 Å². The van der Waals surface area contributed by atoms with Gasteiger partial charge in [0.05, 0.1) is 0 Å². The number of amides is 2. The Hall–Kier alpha value is -1.46. The van der Waals surface area contributed by atoms with Gasteiger partial charge in [0.25, 0.3) is 0 Å². The molecule has 0 N–H and O–H groups in total. The predicted molar refractivity (Wildman–Crippen MR) is 101 cm³/mol. The number of rotatable bonds is 10. The molecule has 0 aromatic carbocycles. The highest BCUT2D eigenvalue weighted by Crippen LogP contribution is 2.37. The number of carbonyl (C=O) groups is 2. The van der Waals surface area contributed by atoms with E-state index in [2.05, 4.69) is 27.7 Å². The molecule has 6 heteroatoms. The molecule has 2 amide bonds. The van der Waals surface area contributed by atoms with Crippen LogP contribution < -0.4 is 0 Å². The Morgan fingerprint density at radius 2 is 1.00 bits per heavy atom. The van der Waals surface area contributed by atoms with Crippen molar-refractivity contribution in [2.24, 2.45) is 17.3 Å². The number of hydrogen-bond acceptors (Lipinski definition) is 4. The van der Waals surface area contributed by atoms with E-state index in [4.69, 9.17) is 9.47 Å². The molecule has 0 saturated heterocycles. The van der Waals surface area contributed by atoms with Crippen molar-refractivity contribution in [3.8, 4) is 0 Å². The number of ether oxygens (including phenoxy) is 2. The van der Waals surface area contributed by atoms with Crippen molar-refractivity contribution >= 4 is 12.2 Å². The van der Waals surface area contributed by atoms with Crippen molar-refractivity contribution in [3.05, 3.63) is 0 Å². The second kappa shape index (κ2) is 11.2. The summed E-state index contributed by atoms with van der Waals surface area (Å²) in [6, 6.07) is 0. The van der Waals surface area contributed by atoms with Crippen LogP contribution in [0.15, 0.2) is 0 Å². The Labute approximate surface area is 153 Å². The quantitative estimate of drug-likeness (QED) is 0.586. The van der Waals surface area contributed by atoms with Gasteiger partial charge in [-0.15, -0.1) is 0 Å². The first-order valence-electron chi connectivity index (χ1n) is 9.53. The minimum atomic E-state index is -0.411. The molecule has 0 aliphatic heterocycles. The molecule has 0 rings (SSSR count). The Morgan fingerprint density at radius 1 is 0.720 bits per heavy atom. The van der Waals surface area contributed by atoms with Crippen molar-refractivity contribution < 1.29 is 19.1 Å². The maximum absolute atomic E-state index is 12.2. The van der Waals surface area contributed by atoms with Gasteiger partial charge in [-0.05, 0) is 39.5 Å². The summed E-state index contributed by atoms with van der Waals surface area (Å²) in [6.45, 7) is 19.0. The lowest BCUT2D eigenvalue weighted by Gasteiger charge is -2.40. The zero-order valence-corrected chi connectivity index (χ0v) is 17.4. The predicted octanol–water partition coefficient (Wildman–Crippen LogP) is 4.24. The van der Waals surface area contributed by atoms with E-state index in [1.807, 2.05) is 27.7 Å². The van der Waals surface area contributed by atoms with Gasteiger partial charge < -0.3 is 19.3 Å². The molecular weight excluding hydrogens is 320 g/mol. The SMILES string of the molecule is CCN(CC)C(=O)OCC(COC(=O)N(CC)CC)(C(C)C)C(C)C. The summed E-state index contributed by atoms with van der Waals surface area (Å²) in [5, 5.41) is 0. The van der Waals surface area contributed by atoms with Crippen LogP contribution in [-0.2, 0) is 9.47 Å². The van der Waals surface area contributed by atoms with E-state index >= 15 is 0 Å². The third kappa shape index (κ3) is 6.40. The number of hydrogen-bond donors (Lipinski definition) is 0. The Morgan fingerprint density at radius 3 is 1.20 bits per heavy atom. The molecule has 6 nitrogen and oxygen atoms in total. The van der Waals surface area contributed by atoms with E-state index in [1.165, 1.54) is 0 Å². The molecule has 0 radical (unpaired) electrons. The van der Waals surface area contributed by atoms with Crippen LogP contribution in [0.3, 0.4) is 0 Å². The van der Waals surface area contributed by atoms with Gasteiger partial charge in [-0.2, -0.15) is 0 Å². The molecule has 148 valence electrons. The summed E-state index contributed by atoms with van der Waals surface area (Å²) in [4.78, 5) is 27.7. The second-order valence-electron chi connectivity index (χ2n) is 7.00. The fourth-order valence-electron chi connectivity index (χ4n) is 2.91. The second-order valence-corrected chi connectivity index (χ2v) is 7.00. The van der Waals surface area contributed by atoms with Crippen LogP contribution in [0.2, 0.25) is 0 Å². The molecule has 0 unspecified atom stereocenters. The van der Waals surface area contributed by atoms with E-state index in [1.54, 1.807) is 9.80 Å². The highest BCUT2D eigenvalue weighted by atomic mass is 16.6. The molecule has 0 heterocycles. The van der Waals surface area contributed by atoms with Gasteiger partial charge in [0.2, 0.25) is 0 Å². The summed E-state index contributed by atoms with van der Waals surface area (Å²) in [7, 11) is 0. The Bertz CT molecular complexity index is 364. The van der Waals surface area contributed by atoms with Crippen molar-refractivity contribution in [2.45, 2.75) is 55.4 Å². The fourth-order valence-corrected chi connectivity index (χ4v) is 2.91.